The van der Waals surface area contributed by atoms with Crippen LogP contribution in [0.25, 0.3) is 0 Å². The SMILES string of the molecule is Cc1nc([N+](=O)[O-])cn1C[C@H]1CO1. The van der Waals surface area contributed by atoms with E-state index in [0.29, 0.717) is 12.4 Å². The Bertz CT molecular complexity index is 343. The Labute approximate surface area is 74.3 Å². The van der Waals surface area contributed by atoms with Crippen LogP contribution in [-0.4, -0.2) is 27.2 Å². The Morgan fingerprint density at radius 1 is 1.92 bits per heavy atom. The third-order valence-electron chi connectivity index (χ3n) is 1.95. The second kappa shape index (κ2) is 2.81. The largest absolute Gasteiger partial charge is 0.381 e. The molecule has 0 saturated carbocycles. The summed E-state index contributed by atoms with van der Waals surface area (Å²) >= 11 is 0. The fourth-order valence-electron chi connectivity index (χ4n) is 1.16. The number of aromatic nitrogens is 2. The molecule has 0 bridgehead atoms. The van der Waals surface area contributed by atoms with Gasteiger partial charge in [-0.1, -0.05) is 0 Å². The van der Waals surface area contributed by atoms with Crippen molar-refractivity contribution in [2.75, 3.05) is 6.61 Å². The van der Waals surface area contributed by atoms with E-state index in [0.717, 1.165) is 6.61 Å². The molecule has 0 aromatic carbocycles. The van der Waals surface area contributed by atoms with Gasteiger partial charge in [0.25, 0.3) is 0 Å². The average molecular weight is 183 g/mol. The van der Waals surface area contributed by atoms with Gasteiger partial charge in [-0.15, -0.1) is 0 Å². The summed E-state index contributed by atoms with van der Waals surface area (Å²) in [6, 6.07) is 0. The Morgan fingerprint density at radius 3 is 3.08 bits per heavy atom. The molecule has 1 fully saturated rings. The number of aryl methyl sites for hydroxylation is 1. The van der Waals surface area contributed by atoms with Crippen molar-refractivity contribution in [3.63, 3.8) is 0 Å². The first kappa shape index (κ1) is 8.18. The van der Waals surface area contributed by atoms with Crippen LogP contribution in [0.15, 0.2) is 6.20 Å². The molecule has 0 amide bonds. The Hall–Kier alpha value is -1.43. The summed E-state index contributed by atoms with van der Waals surface area (Å²) in [5.74, 6) is 0.556. The molecule has 0 radical (unpaired) electrons. The van der Waals surface area contributed by atoms with Gasteiger partial charge >= 0.3 is 5.82 Å². The Balaban J connectivity index is 2.18. The summed E-state index contributed by atoms with van der Waals surface area (Å²) in [5, 5.41) is 10.4. The van der Waals surface area contributed by atoms with E-state index in [1.807, 2.05) is 0 Å². The number of hydrogen-bond acceptors (Lipinski definition) is 4. The van der Waals surface area contributed by atoms with E-state index in [-0.39, 0.29) is 11.9 Å². The van der Waals surface area contributed by atoms with Gasteiger partial charge in [-0.3, -0.25) is 0 Å². The third-order valence-corrected chi connectivity index (χ3v) is 1.95. The first-order chi connectivity index (χ1) is 6.16. The smallest absolute Gasteiger partial charge is 0.371 e. The maximum atomic E-state index is 10.4. The average Bonchev–Trinajstić information content (AvgIpc) is 2.78. The van der Waals surface area contributed by atoms with Gasteiger partial charge in [-0.05, 0) is 9.91 Å². The van der Waals surface area contributed by atoms with Gasteiger partial charge in [0.1, 0.15) is 6.20 Å². The molecule has 1 atom stereocenters. The van der Waals surface area contributed by atoms with Gasteiger partial charge in [0, 0.05) is 6.92 Å². The summed E-state index contributed by atoms with van der Waals surface area (Å²) in [4.78, 5) is 13.7. The van der Waals surface area contributed by atoms with Crippen LogP contribution in [0, 0.1) is 17.0 Å². The third kappa shape index (κ3) is 1.67. The highest BCUT2D eigenvalue weighted by molar-refractivity contribution is 5.16. The van der Waals surface area contributed by atoms with Crippen molar-refractivity contribution in [1.29, 1.82) is 0 Å². The van der Waals surface area contributed by atoms with E-state index in [9.17, 15) is 10.1 Å². The lowest BCUT2D eigenvalue weighted by atomic mass is 10.4. The zero-order chi connectivity index (χ0) is 9.42. The molecule has 1 saturated heterocycles. The van der Waals surface area contributed by atoms with Gasteiger partial charge < -0.3 is 19.4 Å². The minimum atomic E-state index is -0.489. The molecular weight excluding hydrogens is 174 g/mol. The predicted octanol–water partition coefficient (Wildman–Crippen LogP) is 0.499. The standard InChI is InChI=1S/C7H9N3O3/c1-5-8-7(10(11)12)3-9(5)2-6-4-13-6/h3,6H,2,4H2,1H3/t6-/m0/s1. The molecule has 1 aliphatic rings. The molecule has 0 N–H and O–H groups in total. The number of nitrogens with zero attached hydrogens (tertiary/aromatic N) is 3. The van der Waals surface area contributed by atoms with Crippen molar-refractivity contribution in [2.45, 2.75) is 19.6 Å². The lowest BCUT2D eigenvalue weighted by Gasteiger charge is -1.95. The van der Waals surface area contributed by atoms with E-state index in [4.69, 9.17) is 4.74 Å². The minimum Gasteiger partial charge on any atom is -0.371 e. The summed E-state index contributed by atoms with van der Waals surface area (Å²) in [5.41, 5.74) is 0. The minimum absolute atomic E-state index is 0.0989. The highest BCUT2D eigenvalue weighted by Crippen LogP contribution is 2.16. The number of imidazole rings is 1. The van der Waals surface area contributed by atoms with E-state index in [1.54, 1.807) is 11.5 Å². The number of ether oxygens (including phenoxy) is 1. The van der Waals surface area contributed by atoms with Gasteiger partial charge in [0.2, 0.25) is 5.82 Å². The van der Waals surface area contributed by atoms with Gasteiger partial charge in [0.15, 0.2) is 0 Å². The molecule has 0 spiro atoms. The fraction of sp³-hybridized carbons (Fsp3) is 0.571. The van der Waals surface area contributed by atoms with Gasteiger partial charge in [0.05, 0.1) is 19.3 Å². The van der Waals surface area contributed by atoms with Crippen molar-refractivity contribution < 1.29 is 9.66 Å². The van der Waals surface area contributed by atoms with Crippen molar-refractivity contribution in [3.05, 3.63) is 22.1 Å². The lowest BCUT2D eigenvalue weighted by molar-refractivity contribution is -0.389. The van der Waals surface area contributed by atoms with Crippen LogP contribution >= 0.6 is 0 Å². The van der Waals surface area contributed by atoms with Crippen molar-refractivity contribution >= 4 is 5.82 Å². The molecule has 0 aliphatic carbocycles. The Kier molecular flexibility index (Phi) is 1.77. The number of rotatable bonds is 3. The van der Waals surface area contributed by atoms with Crippen LogP contribution in [0.2, 0.25) is 0 Å². The maximum absolute atomic E-state index is 10.4. The first-order valence-corrected chi connectivity index (χ1v) is 3.96. The molecular formula is C7H9N3O3. The molecule has 1 aromatic rings. The maximum Gasteiger partial charge on any atom is 0.381 e. The van der Waals surface area contributed by atoms with Crippen molar-refractivity contribution in [3.8, 4) is 0 Å². The number of nitro groups is 1. The normalized spacial score (nSPS) is 20.2. The molecule has 6 heteroatoms. The lowest BCUT2D eigenvalue weighted by Crippen LogP contribution is -2.04. The van der Waals surface area contributed by atoms with E-state index >= 15 is 0 Å². The zero-order valence-corrected chi connectivity index (χ0v) is 7.14. The monoisotopic (exact) mass is 183 g/mol. The number of hydrogen-bond donors (Lipinski definition) is 0. The van der Waals surface area contributed by atoms with Gasteiger partial charge in [-0.25, -0.2) is 0 Å². The second-order valence-electron chi connectivity index (χ2n) is 3.01. The summed E-state index contributed by atoms with van der Waals surface area (Å²) in [6.45, 7) is 3.15. The van der Waals surface area contributed by atoms with E-state index in [2.05, 4.69) is 4.98 Å². The van der Waals surface area contributed by atoms with Crippen LogP contribution < -0.4 is 0 Å². The highest BCUT2D eigenvalue weighted by atomic mass is 16.6. The molecule has 2 heterocycles. The molecule has 6 nitrogen and oxygen atoms in total. The Morgan fingerprint density at radius 2 is 2.62 bits per heavy atom. The summed E-state index contributed by atoms with van der Waals surface area (Å²) in [6.07, 6.45) is 1.66. The van der Waals surface area contributed by atoms with Crippen LogP contribution in [-0.2, 0) is 11.3 Å². The van der Waals surface area contributed by atoms with E-state index in [1.165, 1.54) is 6.20 Å². The predicted molar refractivity (Wildman–Crippen MR) is 43.4 cm³/mol. The quantitative estimate of drug-likeness (QED) is 0.388. The van der Waals surface area contributed by atoms with Crippen LogP contribution in [0.5, 0.6) is 0 Å². The zero-order valence-electron chi connectivity index (χ0n) is 7.14. The molecule has 2 rings (SSSR count). The molecule has 70 valence electrons. The molecule has 1 aromatic heterocycles. The molecule has 0 unspecified atom stereocenters. The highest BCUT2D eigenvalue weighted by Gasteiger charge is 2.25. The van der Waals surface area contributed by atoms with Crippen molar-refractivity contribution in [1.82, 2.24) is 9.55 Å². The summed E-state index contributed by atoms with van der Waals surface area (Å²) in [7, 11) is 0. The summed E-state index contributed by atoms with van der Waals surface area (Å²) < 4.78 is 6.76. The molecule has 1 aliphatic heterocycles. The topological polar surface area (TPSA) is 73.5 Å². The second-order valence-corrected chi connectivity index (χ2v) is 3.01. The fourth-order valence-corrected chi connectivity index (χ4v) is 1.16. The number of epoxide rings is 1. The van der Waals surface area contributed by atoms with Crippen LogP contribution in [0.4, 0.5) is 5.82 Å². The van der Waals surface area contributed by atoms with Gasteiger partial charge in [-0.2, -0.15) is 0 Å². The van der Waals surface area contributed by atoms with Crippen LogP contribution in [0.1, 0.15) is 5.82 Å². The van der Waals surface area contributed by atoms with Crippen LogP contribution in [0.3, 0.4) is 0 Å². The first-order valence-electron chi connectivity index (χ1n) is 3.96. The molecule has 13 heavy (non-hydrogen) atoms. The van der Waals surface area contributed by atoms with Crippen molar-refractivity contribution in [2.24, 2.45) is 0 Å². The van der Waals surface area contributed by atoms with E-state index < -0.39 is 4.92 Å².